The largest absolute Gasteiger partial charge is 0.290 e. The number of nitrogens with two attached hydrogens (primary N) is 1. The molecule has 0 bridgehead atoms. The molecule has 1 rings (SSSR count). The van der Waals surface area contributed by atoms with Crippen LogP contribution in [0, 0.1) is 0 Å². The van der Waals surface area contributed by atoms with E-state index in [2.05, 4.69) is 16.6 Å². The summed E-state index contributed by atoms with van der Waals surface area (Å²) in [6, 6.07) is 0. The minimum Gasteiger partial charge on any atom is -0.290 e. The third-order valence-electron chi connectivity index (χ3n) is 1.09. The van der Waals surface area contributed by atoms with Gasteiger partial charge in [0.15, 0.2) is 5.71 Å². The maximum absolute atomic E-state index is 5.09. The third-order valence-corrected chi connectivity index (χ3v) is 1.09. The van der Waals surface area contributed by atoms with E-state index >= 15 is 0 Å². The summed E-state index contributed by atoms with van der Waals surface area (Å²) < 4.78 is 0. The van der Waals surface area contributed by atoms with Crippen LogP contribution in [0.3, 0.4) is 0 Å². The van der Waals surface area contributed by atoms with Crippen molar-refractivity contribution in [3.8, 4) is 0 Å². The molecule has 0 unspecified atom stereocenters. The van der Waals surface area contributed by atoms with Crippen molar-refractivity contribution in [1.82, 2.24) is 0 Å². The number of aliphatic imine (C=N–C) groups is 2. The molecule has 0 aromatic carbocycles. The van der Waals surface area contributed by atoms with Crippen LogP contribution in [0.1, 0.15) is 0 Å². The lowest BCUT2D eigenvalue weighted by atomic mass is 10.2. The standard InChI is InChI=1S/C7H7N3/c1-6-4-9-3-2-7(6)10-5-8/h2-5,8H,1H2/p+1. The number of nitrogens with zero attached hydrogens (tertiary/aromatic N) is 2. The summed E-state index contributed by atoms with van der Waals surface area (Å²) in [6.07, 6.45) is 6.29. The highest BCUT2D eigenvalue weighted by atomic mass is 14.8. The highest BCUT2D eigenvalue weighted by molar-refractivity contribution is 6.23. The van der Waals surface area contributed by atoms with Crippen molar-refractivity contribution in [3.63, 3.8) is 0 Å². The van der Waals surface area contributed by atoms with Crippen LogP contribution in [0.5, 0.6) is 0 Å². The van der Waals surface area contributed by atoms with Crippen LogP contribution < -0.4 is 5.41 Å². The molecule has 2 N–H and O–H groups in total. The van der Waals surface area contributed by atoms with Crippen LogP contribution in [0.25, 0.3) is 0 Å². The quantitative estimate of drug-likeness (QED) is 0.366. The van der Waals surface area contributed by atoms with E-state index in [9.17, 15) is 0 Å². The lowest BCUT2D eigenvalue weighted by Gasteiger charge is -1.94. The first-order valence-corrected chi connectivity index (χ1v) is 2.85. The smallest absolute Gasteiger partial charge is 0.278 e. The van der Waals surface area contributed by atoms with Crippen molar-refractivity contribution in [2.24, 2.45) is 9.98 Å². The molecule has 0 saturated carbocycles. The normalized spacial score (nSPS) is 20.0. The zero-order valence-electron chi connectivity index (χ0n) is 5.49. The molecule has 0 aliphatic carbocycles. The molecular weight excluding hydrogens is 126 g/mol. The maximum Gasteiger partial charge on any atom is 0.278 e. The van der Waals surface area contributed by atoms with Gasteiger partial charge in [0.1, 0.15) is 0 Å². The summed E-state index contributed by atoms with van der Waals surface area (Å²) in [5.41, 5.74) is 1.54. The second-order valence-electron chi connectivity index (χ2n) is 1.78. The van der Waals surface area contributed by atoms with E-state index in [4.69, 9.17) is 5.41 Å². The number of hydrogen-bond donors (Lipinski definition) is 1. The summed E-state index contributed by atoms with van der Waals surface area (Å²) in [5.74, 6) is 0. The van der Waals surface area contributed by atoms with Crippen molar-refractivity contribution in [3.05, 3.63) is 24.4 Å². The van der Waals surface area contributed by atoms with E-state index < -0.39 is 0 Å². The van der Waals surface area contributed by atoms with E-state index in [1.807, 2.05) is 0 Å². The molecule has 0 aromatic heterocycles. The van der Waals surface area contributed by atoms with Crippen molar-refractivity contribution in [2.45, 2.75) is 0 Å². The molecule has 3 nitrogen and oxygen atoms in total. The lowest BCUT2D eigenvalue weighted by Crippen LogP contribution is -2.29. The Morgan fingerprint density at radius 3 is 3.10 bits per heavy atom. The lowest BCUT2D eigenvalue weighted by molar-refractivity contribution is -0.106. The van der Waals surface area contributed by atoms with Gasteiger partial charge in [-0.2, -0.15) is 0 Å². The first kappa shape index (κ1) is 6.61. The summed E-state index contributed by atoms with van der Waals surface area (Å²) in [7, 11) is 0. The van der Waals surface area contributed by atoms with Crippen molar-refractivity contribution < 1.29 is 5.41 Å². The van der Waals surface area contributed by atoms with Gasteiger partial charge in [-0.3, -0.25) is 10.4 Å². The average Bonchev–Trinajstić information content (AvgIpc) is 1.94. The molecule has 1 heterocycles. The second kappa shape index (κ2) is 2.87. The van der Waals surface area contributed by atoms with Gasteiger partial charge < -0.3 is 0 Å². The topological polar surface area (TPSA) is 50.3 Å². The minimum absolute atomic E-state index is 0.762. The number of rotatable bonds is 1. The van der Waals surface area contributed by atoms with E-state index in [1.165, 1.54) is 6.34 Å². The molecular formula is C7H8N3+. The van der Waals surface area contributed by atoms with Crippen LogP contribution in [0.15, 0.2) is 34.4 Å². The van der Waals surface area contributed by atoms with Gasteiger partial charge in [-0.15, -0.1) is 0 Å². The van der Waals surface area contributed by atoms with Gasteiger partial charge in [-0.25, -0.2) is 0 Å². The molecule has 0 atom stereocenters. The predicted octanol–water partition coefficient (Wildman–Crippen LogP) is -0.631. The minimum atomic E-state index is 0.762. The van der Waals surface area contributed by atoms with E-state index in [0.29, 0.717) is 0 Å². The molecule has 0 radical (unpaired) electrons. The van der Waals surface area contributed by atoms with Gasteiger partial charge in [-0.1, -0.05) is 6.58 Å². The maximum atomic E-state index is 5.09. The third kappa shape index (κ3) is 1.25. The molecule has 0 aromatic rings. The van der Waals surface area contributed by atoms with E-state index in [1.54, 1.807) is 18.5 Å². The summed E-state index contributed by atoms with van der Waals surface area (Å²) in [4.78, 5) is 7.71. The van der Waals surface area contributed by atoms with Crippen molar-refractivity contribution >= 4 is 18.3 Å². The first-order chi connectivity index (χ1) is 4.84. The van der Waals surface area contributed by atoms with Gasteiger partial charge in [0, 0.05) is 24.1 Å². The fraction of sp³-hybridized carbons (Fsp3) is 0. The molecule has 0 spiro atoms. The Hall–Kier alpha value is -1.51. The Balaban J connectivity index is 2.90. The molecule has 50 valence electrons. The summed E-state index contributed by atoms with van der Waals surface area (Å²) in [5, 5.41) is 5.09. The molecule has 0 fully saturated rings. The Labute approximate surface area is 59.0 Å². The predicted molar refractivity (Wildman–Crippen MR) is 42.2 cm³/mol. The summed E-state index contributed by atoms with van der Waals surface area (Å²) in [6.45, 7) is 3.71. The average molecular weight is 134 g/mol. The van der Waals surface area contributed by atoms with Crippen LogP contribution in [0.4, 0.5) is 0 Å². The fourth-order valence-corrected chi connectivity index (χ4v) is 0.626. The Morgan fingerprint density at radius 2 is 2.50 bits per heavy atom. The molecule has 1 aliphatic heterocycles. The Bertz CT molecular complexity index is 246. The van der Waals surface area contributed by atoms with Gasteiger partial charge in [0.2, 0.25) is 0 Å². The highest BCUT2D eigenvalue weighted by Gasteiger charge is 2.05. The first-order valence-electron chi connectivity index (χ1n) is 2.85. The van der Waals surface area contributed by atoms with Crippen molar-refractivity contribution in [1.29, 1.82) is 0 Å². The van der Waals surface area contributed by atoms with Crippen LogP contribution in [0.2, 0.25) is 0 Å². The van der Waals surface area contributed by atoms with E-state index in [0.717, 1.165) is 11.3 Å². The van der Waals surface area contributed by atoms with Crippen LogP contribution >= 0.6 is 0 Å². The van der Waals surface area contributed by atoms with Gasteiger partial charge >= 0.3 is 0 Å². The van der Waals surface area contributed by atoms with Gasteiger partial charge in [0.05, 0.1) is 0 Å². The molecule has 0 saturated heterocycles. The number of allylic oxidation sites excluding steroid dienone is 2. The van der Waals surface area contributed by atoms with Gasteiger partial charge in [0.25, 0.3) is 6.34 Å². The van der Waals surface area contributed by atoms with Crippen LogP contribution in [-0.2, 0) is 0 Å². The SMILES string of the molecule is C=C1C=NC=CC1=NC=[NH2+]. The molecule has 0 amide bonds. The molecule has 10 heavy (non-hydrogen) atoms. The Morgan fingerprint density at radius 1 is 1.70 bits per heavy atom. The van der Waals surface area contributed by atoms with E-state index in [-0.39, 0.29) is 0 Å². The van der Waals surface area contributed by atoms with Crippen LogP contribution in [-0.4, -0.2) is 18.3 Å². The zero-order valence-corrected chi connectivity index (χ0v) is 5.49. The monoisotopic (exact) mass is 134 g/mol. The van der Waals surface area contributed by atoms with Gasteiger partial charge in [-0.05, 0) is 4.99 Å². The highest BCUT2D eigenvalue weighted by Crippen LogP contribution is 1.99. The molecule has 1 aliphatic rings. The van der Waals surface area contributed by atoms with Crippen molar-refractivity contribution in [2.75, 3.05) is 0 Å². The zero-order chi connectivity index (χ0) is 7.40. The Kier molecular flexibility index (Phi) is 1.89. The molecule has 3 heteroatoms. The number of hydrogen-bond acceptors (Lipinski definition) is 1. The second-order valence-corrected chi connectivity index (χ2v) is 1.78. The summed E-state index contributed by atoms with van der Waals surface area (Å²) >= 11 is 0. The fourth-order valence-electron chi connectivity index (χ4n) is 0.626.